The third-order valence-corrected chi connectivity index (χ3v) is 6.61. The number of halogens is 3. The first-order valence-corrected chi connectivity index (χ1v) is 10.6. The summed E-state index contributed by atoms with van der Waals surface area (Å²) >= 11 is 1.17. The lowest BCUT2D eigenvalue weighted by atomic mass is 10.0. The van der Waals surface area contributed by atoms with Crippen LogP contribution in [0.5, 0.6) is 5.75 Å². The number of hydrogen-bond donors (Lipinski definition) is 2. The first-order chi connectivity index (χ1) is 15.5. The van der Waals surface area contributed by atoms with Gasteiger partial charge in [0.1, 0.15) is 22.9 Å². The maximum atomic E-state index is 12.9. The number of fused-ring (bicyclic) bond motifs is 1. The van der Waals surface area contributed by atoms with E-state index in [9.17, 15) is 37.5 Å². The molecule has 3 heterocycles. The lowest BCUT2D eigenvalue weighted by molar-refractivity contribution is -0.201. The number of β-lactam (4-membered cyclic amide) rings is 1. The van der Waals surface area contributed by atoms with Gasteiger partial charge >= 0.3 is 18.1 Å². The van der Waals surface area contributed by atoms with Crippen LogP contribution in [0.2, 0.25) is 0 Å². The highest BCUT2D eigenvalue weighted by molar-refractivity contribution is 8.00. The second kappa shape index (κ2) is 8.23. The van der Waals surface area contributed by atoms with Gasteiger partial charge in [-0.05, 0) is 42.3 Å². The van der Waals surface area contributed by atoms with Crippen LogP contribution >= 0.6 is 11.8 Å². The Bertz CT molecular complexity index is 1120. The summed E-state index contributed by atoms with van der Waals surface area (Å²) in [6, 6.07) is 4.96. The van der Waals surface area contributed by atoms with E-state index in [0.717, 1.165) is 4.90 Å². The van der Waals surface area contributed by atoms with Crippen molar-refractivity contribution in [1.82, 2.24) is 4.90 Å². The fourth-order valence-electron chi connectivity index (χ4n) is 3.67. The number of benzene rings is 1. The van der Waals surface area contributed by atoms with Crippen LogP contribution in [-0.4, -0.2) is 63.6 Å². The molecular formula is C20H16F3N3O6S. The molecule has 9 nitrogen and oxygen atoms in total. The van der Waals surface area contributed by atoms with E-state index in [1.807, 2.05) is 0 Å². The van der Waals surface area contributed by atoms with Crippen molar-refractivity contribution in [3.8, 4) is 5.75 Å². The molecule has 0 spiro atoms. The predicted molar refractivity (Wildman–Crippen MR) is 108 cm³/mol. The highest BCUT2D eigenvalue weighted by Gasteiger charge is 2.53. The second-order valence-corrected chi connectivity index (χ2v) is 8.48. The van der Waals surface area contributed by atoms with E-state index in [1.165, 1.54) is 34.9 Å². The van der Waals surface area contributed by atoms with E-state index in [0.29, 0.717) is 12.2 Å². The number of aromatic hydroxyl groups is 1. The van der Waals surface area contributed by atoms with Gasteiger partial charge in [0.25, 0.3) is 5.91 Å². The molecule has 1 aromatic rings. The number of allylic oxidation sites excluding steroid dienone is 1. The SMILES string of the molecule is N[C@@H]1C(=O)N2C(C(=O)OC(=O)C(F)(F)F)=C(/C=C3\CCN(c4ccc(O)cc4)C3=O)CS[C@H]12. The number of ether oxygens (including phenoxy) is 1. The maximum absolute atomic E-state index is 12.9. The Morgan fingerprint density at radius 1 is 1.21 bits per heavy atom. The average Bonchev–Trinajstić information content (AvgIpc) is 3.12. The smallest absolute Gasteiger partial charge is 0.491 e. The lowest BCUT2D eigenvalue weighted by Crippen LogP contribution is -2.68. The van der Waals surface area contributed by atoms with E-state index in [2.05, 4.69) is 4.74 Å². The predicted octanol–water partition coefficient (Wildman–Crippen LogP) is 1.18. The van der Waals surface area contributed by atoms with Crippen LogP contribution in [0.15, 0.2) is 47.2 Å². The van der Waals surface area contributed by atoms with Gasteiger partial charge < -0.3 is 20.5 Å². The number of nitrogens with two attached hydrogens (primary N) is 1. The molecule has 2 saturated heterocycles. The fraction of sp³-hybridized carbons (Fsp3) is 0.300. The van der Waals surface area contributed by atoms with Crippen LogP contribution in [0.3, 0.4) is 0 Å². The van der Waals surface area contributed by atoms with E-state index in [1.54, 1.807) is 12.1 Å². The Balaban J connectivity index is 1.66. The molecular weight excluding hydrogens is 467 g/mol. The summed E-state index contributed by atoms with van der Waals surface area (Å²) in [4.78, 5) is 51.1. The van der Waals surface area contributed by atoms with Gasteiger partial charge in [-0.3, -0.25) is 14.5 Å². The zero-order valence-electron chi connectivity index (χ0n) is 16.7. The molecule has 2 fully saturated rings. The number of hydrogen-bond acceptors (Lipinski definition) is 8. The number of alkyl halides is 3. The van der Waals surface area contributed by atoms with Crippen molar-refractivity contribution in [3.63, 3.8) is 0 Å². The molecule has 3 aliphatic rings. The van der Waals surface area contributed by atoms with Crippen LogP contribution in [0.1, 0.15) is 6.42 Å². The first-order valence-electron chi connectivity index (χ1n) is 9.57. The van der Waals surface area contributed by atoms with E-state index in [-0.39, 0.29) is 29.1 Å². The van der Waals surface area contributed by atoms with Gasteiger partial charge in [-0.2, -0.15) is 13.2 Å². The number of phenolic OH excluding ortho intramolecular Hbond substituents is 1. The number of phenols is 1. The Morgan fingerprint density at radius 3 is 2.52 bits per heavy atom. The van der Waals surface area contributed by atoms with Gasteiger partial charge in [0.05, 0.1) is 0 Å². The van der Waals surface area contributed by atoms with Crippen LogP contribution in [0.25, 0.3) is 0 Å². The number of carbonyl (C=O) groups is 4. The van der Waals surface area contributed by atoms with Crippen LogP contribution < -0.4 is 10.6 Å². The molecule has 0 radical (unpaired) electrons. The first kappa shape index (κ1) is 22.9. The molecule has 2 atom stereocenters. The second-order valence-electron chi connectivity index (χ2n) is 7.38. The fourth-order valence-corrected chi connectivity index (χ4v) is 4.92. The van der Waals surface area contributed by atoms with Gasteiger partial charge in [-0.15, -0.1) is 11.8 Å². The van der Waals surface area contributed by atoms with E-state index >= 15 is 0 Å². The third-order valence-electron chi connectivity index (χ3n) is 5.28. The normalized spacial score (nSPS) is 24.2. The Hall–Kier alpha value is -3.32. The topological polar surface area (TPSA) is 130 Å². The average molecular weight is 483 g/mol. The minimum Gasteiger partial charge on any atom is -0.508 e. The van der Waals surface area contributed by atoms with Crippen molar-refractivity contribution in [2.75, 3.05) is 17.2 Å². The molecule has 4 rings (SSSR count). The number of thioether (sulfide) groups is 1. The van der Waals surface area contributed by atoms with Crippen molar-refractivity contribution >= 4 is 41.2 Å². The Morgan fingerprint density at radius 2 is 1.88 bits per heavy atom. The summed E-state index contributed by atoms with van der Waals surface area (Å²) in [5, 5.41) is 8.72. The Labute approximate surface area is 188 Å². The van der Waals surface area contributed by atoms with Gasteiger partial charge in [0.2, 0.25) is 5.91 Å². The minimum absolute atomic E-state index is 0.0223. The molecule has 0 unspecified atom stereocenters. The van der Waals surface area contributed by atoms with Crippen molar-refractivity contribution < 1.29 is 42.2 Å². The highest BCUT2D eigenvalue weighted by atomic mass is 32.2. The standard InChI is InChI=1S/C20H16F3N3O6S/c21-20(22,23)19(31)32-18(30)14-10(8-33-17-13(24)16(29)26(14)17)7-9-5-6-25(15(9)28)11-1-3-12(27)4-2-11/h1-4,7,13,17,27H,5-6,8,24H2/b9-7+/t13-,17-/m1/s1. The number of esters is 2. The number of carbonyl (C=O) groups excluding carboxylic acids is 4. The lowest BCUT2D eigenvalue weighted by Gasteiger charge is -2.48. The molecule has 13 heteroatoms. The molecule has 3 aliphatic heterocycles. The molecule has 0 aromatic heterocycles. The summed E-state index contributed by atoms with van der Waals surface area (Å²) in [5.41, 5.74) is 6.02. The van der Waals surface area contributed by atoms with Crippen LogP contribution in [-0.2, 0) is 23.9 Å². The number of amides is 2. The van der Waals surface area contributed by atoms with E-state index < -0.39 is 47.0 Å². The summed E-state index contributed by atoms with van der Waals surface area (Å²) in [7, 11) is 0. The van der Waals surface area contributed by atoms with Crippen LogP contribution in [0.4, 0.5) is 18.9 Å². The van der Waals surface area contributed by atoms with Crippen molar-refractivity contribution in [2.45, 2.75) is 24.0 Å². The molecule has 3 N–H and O–H groups in total. The van der Waals surface area contributed by atoms with Gasteiger partial charge in [0, 0.05) is 23.6 Å². The summed E-state index contributed by atoms with van der Waals surface area (Å²) in [5.74, 6) is -5.40. The molecule has 174 valence electrons. The summed E-state index contributed by atoms with van der Waals surface area (Å²) in [6.07, 6.45) is -3.81. The largest absolute Gasteiger partial charge is 0.508 e. The number of rotatable bonds is 3. The van der Waals surface area contributed by atoms with Gasteiger partial charge in [-0.1, -0.05) is 0 Å². The van der Waals surface area contributed by atoms with Gasteiger partial charge in [0.15, 0.2) is 0 Å². The Kier molecular flexibility index (Phi) is 5.70. The molecule has 0 bridgehead atoms. The summed E-state index contributed by atoms with van der Waals surface area (Å²) < 4.78 is 41.7. The van der Waals surface area contributed by atoms with Crippen LogP contribution in [0, 0.1) is 0 Å². The minimum atomic E-state index is -5.40. The number of nitrogens with zero attached hydrogens (tertiary/aromatic N) is 2. The molecule has 0 aliphatic carbocycles. The molecule has 0 saturated carbocycles. The van der Waals surface area contributed by atoms with Gasteiger partial charge in [-0.25, -0.2) is 9.59 Å². The molecule has 2 amide bonds. The number of anilines is 1. The highest BCUT2D eigenvalue weighted by Crippen LogP contribution is 2.41. The molecule has 1 aromatic carbocycles. The quantitative estimate of drug-likeness (QED) is 0.284. The molecule has 33 heavy (non-hydrogen) atoms. The van der Waals surface area contributed by atoms with Crippen molar-refractivity contribution in [3.05, 3.63) is 47.2 Å². The van der Waals surface area contributed by atoms with Crippen molar-refractivity contribution in [2.24, 2.45) is 5.73 Å². The monoisotopic (exact) mass is 483 g/mol. The maximum Gasteiger partial charge on any atom is 0.491 e. The zero-order valence-corrected chi connectivity index (χ0v) is 17.5. The van der Waals surface area contributed by atoms with E-state index in [4.69, 9.17) is 5.73 Å². The third kappa shape index (κ3) is 4.09. The summed E-state index contributed by atoms with van der Waals surface area (Å²) in [6.45, 7) is 0.290. The van der Waals surface area contributed by atoms with Crippen molar-refractivity contribution in [1.29, 1.82) is 0 Å². The zero-order chi connectivity index (χ0) is 24.1.